The van der Waals surface area contributed by atoms with Crippen LogP contribution in [-0.2, 0) is 24.5 Å². The number of carbonyl (C=O) groups is 3. The number of hydrogen-bond donors (Lipinski definition) is 3. The van der Waals surface area contributed by atoms with Crippen molar-refractivity contribution in [1.29, 1.82) is 0 Å². The minimum atomic E-state index is -0.484. The predicted octanol–water partition coefficient (Wildman–Crippen LogP) is 4.02. The third-order valence-corrected chi connectivity index (χ3v) is 4.96. The third-order valence-electron chi connectivity index (χ3n) is 4.75. The minimum Gasteiger partial charge on any atom is -0.463 e. The van der Waals surface area contributed by atoms with Crippen molar-refractivity contribution in [2.45, 2.75) is 39.0 Å². The number of esters is 1. The molecular weight excluding hydrogens is 454 g/mol. The summed E-state index contributed by atoms with van der Waals surface area (Å²) in [6.45, 7) is 6.80. The highest BCUT2D eigenvalue weighted by Crippen LogP contribution is 2.23. The maximum atomic E-state index is 12.6. The number of hydrogen-bond acceptors (Lipinski definition) is 6. The molecule has 0 aliphatic carbocycles. The third kappa shape index (κ3) is 9.29. The lowest BCUT2D eigenvalue weighted by molar-refractivity contribution is -0.146. The van der Waals surface area contributed by atoms with Gasteiger partial charge in [-0.25, -0.2) is 0 Å². The van der Waals surface area contributed by atoms with Crippen LogP contribution in [0.2, 0.25) is 0 Å². The summed E-state index contributed by atoms with van der Waals surface area (Å²) in [4.78, 5) is 36.2. The number of rotatable bonds is 9. The lowest BCUT2D eigenvalue weighted by Crippen LogP contribution is -2.34. The average Bonchev–Trinajstić information content (AvgIpc) is 2.77. The molecule has 0 heterocycles. The largest absolute Gasteiger partial charge is 0.463 e. The molecular formula is C25H31N3O5S. The van der Waals surface area contributed by atoms with E-state index >= 15 is 0 Å². The summed E-state index contributed by atoms with van der Waals surface area (Å²) in [5.41, 5.74) is 2.87. The van der Waals surface area contributed by atoms with Crippen LogP contribution >= 0.6 is 12.2 Å². The van der Waals surface area contributed by atoms with Crippen molar-refractivity contribution in [3.63, 3.8) is 0 Å². The molecule has 0 saturated carbocycles. The van der Waals surface area contributed by atoms with Crippen molar-refractivity contribution < 1.29 is 23.9 Å². The Morgan fingerprint density at radius 2 is 1.56 bits per heavy atom. The molecule has 2 amide bonds. The Balaban J connectivity index is 1.85. The van der Waals surface area contributed by atoms with Gasteiger partial charge in [0.1, 0.15) is 6.61 Å². The van der Waals surface area contributed by atoms with Gasteiger partial charge in [0, 0.05) is 30.5 Å². The Bertz CT molecular complexity index is 1020. The summed E-state index contributed by atoms with van der Waals surface area (Å²) in [7, 11) is 1.50. The molecule has 2 rings (SSSR count). The monoisotopic (exact) mass is 485 g/mol. The van der Waals surface area contributed by atoms with Crippen molar-refractivity contribution in [1.82, 2.24) is 5.32 Å². The molecule has 0 spiro atoms. The molecule has 0 aliphatic rings. The summed E-state index contributed by atoms with van der Waals surface area (Å²) in [5.74, 6) is -1.13. The number of thiocarbonyl (C=S) groups is 1. The molecule has 9 heteroatoms. The van der Waals surface area contributed by atoms with Crippen LogP contribution in [0.25, 0.3) is 0 Å². The van der Waals surface area contributed by atoms with Gasteiger partial charge < -0.3 is 25.4 Å². The standard InChI is InChI=1S/C25H31N3O5S/c1-25(2,3)18-10-8-17(9-11-18)23(31)26-19-6-5-7-20(16-19)27-24(34)28-21(29)12-13-22(30)33-15-14-32-4/h5-11,16H,12-15H2,1-4H3,(H,26,31)(H2,27,28,29,34). The first kappa shape index (κ1) is 26.9. The highest BCUT2D eigenvalue weighted by molar-refractivity contribution is 7.80. The molecule has 8 nitrogen and oxygen atoms in total. The van der Waals surface area contributed by atoms with Crippen LogP contribution in [0, 0.1) is 0 Å². The molecule has 0 fully saturated rings. The number of amides is 2. The summed E-state index contributed by atoms with van der Waals surface area (Å²) >= 11 is 5.16. The molecule has 0 atom stereocenters. The molecule has 34 heavy (non-hydrogen) atoms. The smallest absolute Gasteiger partial charge is 0.306 e. The topological polar surface area (TPSA) is 106 Å². The zero-order valence-corrected chi connectivity index (χ0v) is 20.7. The first-order chi connectivity index (χ1) is 16.1. The summed E-state index contributed by atoms with van der Waals surface area (Å²) in [5, 5.41) is 8.35. The van der Waals surface area contributed by atoms with Gasteiger partial charge >= 0.3 is 5.97 Å². The second-order valence-electron chi connectivity index (χ2n) is 8.58. The van der Waals surface area contributed by atoms with E-state index in [1.54, 1.807) is 36.4 Å². The van der Waals surface area contributed by atoms with Gasteiger partial charge in [0.25, 0.3) is 5.91 Å². The van der Waals surface area contributed by atoms with Gasteiger partial charge in [0.05, 0.1) is 13.0 Å². The Kier molecular flexibility index (Phi) is 10.2. The lowest BCUT2D eigenvalue weighted by atomic mass is 9.87. The molecule has 0 aliphatic heterocycles. The maximum absolute atomic E-state index is 12.6. The van der Waals surface area contributed by atoms with Gasteiger partial charge in [-0.2, -0.15) is 0 Å². The van der Waals surface area contributed by atoms with Crippen LogP contribution in [0.3, 0.4) is 0 Å². The number of benzene rings is 2. The van der Waals surface area contributed by atoms with E-state index in [9.17, 15) is 14.4 Å². The zero-order valence-electron chi connectivity index (χ0n) is 19.9. The highest BCUT2D eigenvalue weighted by Gasteiger charge is 2.15. The predicted molar refractivity (Wildman–Crippen MR) is 136 cm³/mol. The van der Waals surface area contributed by atoms with Crippen LogP contribution in [0.4, 0.5) is 11.4 Å². The van der Waals surface area contributed by atoms with E-state index in [2.05, 4.69) is 36.7 Å². The molecule has 0 bridgehead atoms. The van der Waals surface area contributed by atoms with E-state index in [-0.39, 0.29) is 35.9 Å². The Hall–Kier alpha value is -3.30. The first-order valence-electron chi connectivity index (χ1n) is 10.9. The Morgan fingerprint density at radius 1 is 0.912 bits per heavy atom. The van der Waals surface area contributed by atoms with Crippen LogP contribution in [-0.4, -0.2) is 43.2 Å². The van der Waals surface area contributed by atoms with Crippen molar-refractivity contribution in [2.24, 2.45) is 0 Å². The number of methoxy groups -OCH3 is 1. The van der Waals surface area contributed by atoms with Crippen LogP contribution < -0.4 is 16.0 Å². The lowest BCUT2D eigenvalue weighted by Gasteiger charge is -2.19. The van der Waals surface area contributed by atoms with Crippen LogP contribution in [0.1, 0.15) is 49.5 Å². The van der Waals surface area contributed by atoms with Gasteiger partial charge in [-0.15, -0.1) is 0 Å². The van der Waals surface area contributed by atoms with Gasteiger partial charge in [-0.1, -0.05) is 39.0 Å². The number of nitrogens with one attached hydrogen (secondary N) is 3. The molecule has 0 unspecified atom stereocenters. The number of ether oxygens (including phenoxy) is 2. The summed E-state index contributed by atoms with van der Waals surface area (Å²) < 4.78 is 9.69. The number of anilines is 2. The van der Waals surface area contributed by atoms with E-state index in [1.165, 1.54) is 7.11 Å². The van der Waals surface area contributed by atoms with Gasteiger partial charge in [0.15, 0.2) is 5.11 Å². The molecule has 2 aromatic rings. The van der Waals surface area contributed by atoms with Crippen molar-refractivity contribution >= 4 is 46.5 Å². The molecule has 0 radical (unpaired) electrons. The van der Waals surface area contributed by atoms with Gasteiger partial charge in [0.2, 0.25) is 5.91 Å². The highest BCUT2D eigenvalue weighted by atomic mass is 32.1. The van der Waals surface area contributed by atoms with Gasteiger partial charge in [-0.3, -0.25) is 14.4 Å². The average molecular weight is 486 g/mol. The SMILES string of the molecule is COCCOC(=O)CCC(=O)NC(=S)Nc1cccc(NC(=O)c2ccc(C(C)(C)C)cc2)c1. The fourth-order valence-electron chi connectivity index (χ4n) is 2.88. The molecule has 182 valence electrons. The van der Waals surface area contributed by atoms with E-state index in [0.29, 0.717) is 23.5 Å². The molecule has 3 N–H and O–H groups in total. The van der Waals surface area contributed by atoms with Crippen molar-refractivity contribution in [3.8, 4) is 0 Å². The van der Waals surface area contributed by atoms with Gasteiger partial charge in [-0.05, 0) is 53.5 Å². The van der Waals surface area contributed by atoms with Crippen LogP contribution in [0.5, 0.6) is 0 Å². The fourth-order valence-corrected chi connectivity index (χ4v) is 3.11. The quantitative estimate of drug-likeness (QED) is 0.280. The molecule has 0 aromatic heterocycles. The Labute approximate surface area is 205 Å². The van der Waals surface area contributed by atoms with E-state index in [1.807, 2.05) is 12.1 Å². The zero-order chi connectivity index (χ0) is 25.1. The van der Waals surface area contributed by atoms with Crippen molar-refractivity contribution in [3.05, 3.63) is 59.7 Å². The number of carbonyl (C=O) groups excluding carboxylic acids is 3. The summed E-state index contributed by atoms with van der Waals surface area (Å²) in [6.07, 6.45) is -0.117. The maximum Gasteiger partial charge on any atom is 0.306 e. The Morgan fingerprint density at radius 3 is 2.18 bits per heavy atom. The van der Waals surface area contributed by atoms with E-state index in [4.69, 9.17) is 21.7 Å². The molecule has 2 aromatic carbocycles. The first-order valence-corrected chi connectivity index (χ1v) is 11.3. The molecule has 0 saturated heterocycles. The normalized spacial score (nSPS) is 10.8. The minimum absolute atomic E-state index is 0.0101. The fraction of sp³-hybridized carbons (Fsp3) is 0.360. The van der Waals surface area contributed by atoms with Crippen molar-refractivity contribution in [2.75, 3.05) is 31.0 Å². The second-order valence-corrected chi connectivity index (χ2v) is 8.99. The second kappa shape index (κ2) is 12.8. The van der Waals surface area contributed by atoms with E-state index < -0.39 is 11.9 Å². The van der Waals surface area contributed by atoms with Crippen LogP contribution in [0.15, 0.2) is 48.5 Å². The summed E-state index contributed by atoms with van der Waals surface area (Å²) in [6, 6.07) is 14.5. The van der Waals surface area contributed by atoms with E-state index in [0.717, 1.165) is 5.56 Å².